The number of nitrogens with one attached hydrogen (secondary N) is 1. The van der Waals surface area contributed by atoms with Gasteiger partial charge in [0.25, 0.3) is 5.69 Å². The Morgan fingerprint density at radius 3 is 2.50 bits per heavy atom. The van der Waals surface area contributed by atoms with Crippen LogP contribution in [0.1, 0.15) is 11.1 Å². The quantitative estimate of drug-likeness (QED) is 0.384. The van der Waals surface area contributed by atoms with Gasteiger partial charge in [-0.3, -0.25) is 15.5 Å². The van der Waals surface area contributed by atoms with Crippen molar-refractivity contribution in [2.45, 2.75) is 6.61 Å². The van der Waals surface area contributed by atoms with Crippen LogP contribution in [0.2, 0.25) is 0 Å². The average Bonchev–Trinajstić information content (AvgIpc) is 2.68. The molecule has 3 aromatic rings. The van der Waals surface area contributed by atoms with Gasteiger partial charge in [-0.15, -0.1) is 0 Å². The minimum atomic E-state index is -0.420. The van der Waals surface area contributed by atoms with E-state index in [-0.39, 0.29) is 5.69 Å². The number of para-hydroxylation sites is 1. The van der Waals surface area contributed by atoms with E-state index in [0.717, 1.165) is 16.8 Å². The van der Waals surface area contributed by atoms with Gasteiger partial charge in [0.2, 0.25) is 0 Å². The maximum atomic E-state index is 10.7. The van der Waals surface area contributed by atoms with E-state index >= 15 is 0 Å². The van der Waals surface area contributed by atoms with Gasteiger partial charge >= 0.3 is 0 Å². The topological polar surface area (TPSA) is 76.8 Å². The first-order valence-corrected chi connectivity index (χ1v) is 8.01. The molecule has 0 heterocycles. The number of anilines is 1. The highest BCUT2D eigenvalue weighted by molar-refractivity contribution is 5.80. The molecule has 0 aromatic heterocycles. The van der Waals surface area contributed by atoms with E-state index in [2.05, 4.69) is 10.5 Å². The summed E-state index contributed by atoms with van der Waals surface area (Å²) in [6.07, 6.45) is 1.71. The lowest BCUT2D eigenvalue weighted by Gasteiger charge is -2.07. The van der Waals surface area contributed by atoms with Gasteiger partial charge in [-0.25, -0.2) is 0 Å². The molecule has 0 bridgehead atoms. The summed E-state index contributed by atoms with van der Waals surface area (Å²) in [7, 11) is 0. The molecule has 26 heavy (non-hydrogen) atoms. The van der Waals surface area contributed by atoms with Crippen molar-refractivity contribution >= 4 is 17.6 Å². The lowest BCUT2D eigenvalue weighted by Crippen LogP contribution is -1.97. The SMILES string of the molecule is O=[N+]([O-])c1ccc(COc2cccc(C=NNc3ccccc3)c2)cc1. The Balaban J connectivity index is 1.57. The van der Waals surface area contributed by atoms with Gasteiger partial charge in [0.05, 0.1) is 16.8 Å². The molecule has 0 saturated carbocycles. The molecule has 130 valence electrons. The van der Waals surface area contributed by atoms with Crippen molar-refractivity contribution in [3.63, 3.8) is 0 Å². The Morgan fingerprint density at radius 1 is 1.00 bits per heavy atom. The lowest BCUT2D eigenvalue weighted by atomic mass is 10.2. The molecule has 0 radical (unpaired) electrons. The van der Waals surface area contributed by atoms with Gasteiger partial charge in [0.1, 0.15) is 12.4 Å². The van der Waals surface area contributed by atoms with Crippen LogP contribution in [0.25, 0.3) is 0 Å². The second-order valence-electron chi connectivity index (χ2n) is 5.52. The van der Waals surface area contributed by atoms with Crippen LogP contribution in [-0.2, 0) is 6.61 Å². The summed E-state index contributed by atoms with van der Waals surface area (Å²) < 4.78 is 5.75. The summed E-state index contributed by atoms with van der Waals surface area (Å²) in [4.78, 5) is 10.2. The molecule has 6 nitrogen and oxygen atoms in total. The Bertz CT molecular complexity index is 894. The van der Waals surface area contributed by atoms with E-state index in [0.29, 0.717) is 12.4 Å². The number of hydrogen-bond donors (Lipinski definition) is 1. The number of rotatable bonds is 7. The predicted octanol–water partition coefficient (Wildman–Crippen LogP) is 4.62. The minimum absolute atomic E-state index is 0.0675. The number of non-ortho nitro benzene ring substituents is 1. The molecule has 3 rings (SSSR count). The van der Waals surface area contributed by atoms with Crippen molar-refractivity contribution in [1.29, 1.82) is 0 Å². The number of benzene rings is 3. The molecular formula is C20H17N3O3. The smallest absolute Gasteiger partial charge is 0.269 e. The van der Waals surface area contributed by atoms with Crippen molar-refractivity contribution in [3.8, 4) is 5.75 Å². The number of nitro benzene ring substituents is 1. The predicted molar refractivity (Wildman–Crippen MR) is 102 cm³/mol. The molecule has 3 aromatic carbocycles. The molecule has 0 unspecified atom stereocenters. The molecule has 0 aliphatic heterocycles. The summed E-state index contributed by atoms with van der Waals surface area (Å²) in [6, 6.07) is 23.5. The number of hydrogen-bond acceptors (Lipinski definition) is 5. The standard InChI is InChI=1S/C20H17N3O3/c24-23(25)19-11-9-16(10-12-19)15-26-20-8-4-5-17(13-20)14-21-22-18-6-2-1-3-7-18/h1-14,22H,15H2. The van der Waals surface area contributed by atoms with Crippen LogP contribution >= 0.6 is 0 Å². The van der Waals surface area contributed by atoms with Crippen molar-refractivity contribution in [2.75, 3.05) is 5.43 Å². The van der Waals surface area contributed by atoms with Crippen molar-refractivity contribution in [1.82, 2.24) is 0 Å². The third-order valence-corrected chi connectivity index (χ3v) is 3.59. The van der Waals surface area contributed by atoms with Crippen molar-refractivity contribution in [3.05, 3.63) is 100 Å². The van der Waals surface area contributed by atoms with Crippen LogP contribution in [0, 0.1) is 10.1 Å². The van der Waals surface area contributed by atoms with Gasteiger partial charge < -0.3 is 4.74 Å². The molecule has 0 saturated heterocycles. The first kappa shape index (κ1) is 17.2. The number of hydrazone groups is 1. The normalized spacial score (nSPS) is 10.6. The van der Waals surface area contributed by atoms with E-state index in [1.54, 1.807) is 18.3 Å². The first-order chi connectivity index (χ1) is 12.7. The van der Waals surface area contributed by atoms with Crippen LogP contribution in [0.3, 0.4) is 0 Å². The molecule has 0 spiro atoms. The number of ether oxygens (including phenoxy) is 1. The lowest BCUT2D eigenvalue weighted by molar-refractivity contribution is -0.384. The van der Waals surface area contributed by atoms with E-state index in [4.69, 9.17) is 4.74 Å². The van der Waals surface area contributed by atoms with Gasteiger partial charge in [-0.2, -0.15) is 5.10 Å². The molecule has 0 amide bonds. The Kier molecular flexibility index (Phi) is 5.57. The van der Waals surface area contributed by atoms with E-state index in [9.17, 15) is 10.1 Å². The van der Waals surface area contributed by atoms with Crippen LogP contribution < -0.4 is 10.2 Å². The summed E-state index contributed by atoms with van der Waals surface area (Å²) in [5.74, 6) is 0.701. The fourth-order valence-electron chi connectivity index (χ4n) is 2.26. The maximum absolute atomic E-state index is 10.7. The highest BCUT2D eigenvalue weighted by Crippen LogP contribution is 2.16. The molecule has 0 fully saturated rings. The molecule has 1 N–H and O–H groups in total. The molecule has 0 atom stereocenters. The van der Waals surface area contributed by atoms with Gasteiger partial charge in [0.15, 0.2) is 0 Å². The van der Waals surface area contributed by atoms with Gasteiger partial charge in [-0.1, -0.05) is 30.3 Å². The number of nitro groups is 1. The van der Waals surface area contributed by atoms with Crippen LogP contribution in [0.4, 0.5) is 11.4 Å². The number of nitrogens with zero attached hydrogens (tertiary/aromatic N) is 2. The van der Waals surface area contributed by atoms with Crippen LogP contribution in [0.15, 0.2) is 84.0 Å². The van der Waals surface area contributed by atoms with Crippen molar-refractivity contribution < 1.29 is 9.66 Å². The van der Waals surface area contributed by atoms with Gasteiger partial charge in [-0.05, 0) is 47.5 Å². The highest BCUT2D eigenvalue weighted by Gasteiger charge is 2.04. The van der Waals surface area contributed by atoms with E-state index in [1.165, 1.54) is 12.1 Å². The summed E-state index contributed by atoms with van der Waals surface area (Å²) in [6.45, 7) is 0.334. The largest absolute Gasteiger partial charge is 0.489 e. The molecular weight excluding hydrogens is 330 g/mol. The molecule has 0 aliphatic carbocycles. The zero-order valence-electron chi connectivity index (χ0n) is 13.9. The zero-order valence-corrected chi connectivity index (χ0v) is 13.9. The molecule has 0 aliphatic rings. The third kappa shape index (κ3) is 4.91. The third-order valence-electron chi connectivity index (χ3n) is 3.59. The summed E-state index contributed by atoms with van der Waals surface area (Å²) >= 11 is 0. The van der Waals surface area contributed by atoms with E-state index < -0.39 is 4.92 Å². The summed E-state index contributed by atoms with van der Waals surface area (Å²) in [5, 5.41) is 14.9. The Labute approximate surface area is 150 Å². The fraction of sp³-hybridized carbons (Fsp3) is 0.0500. The zero-order chi connectivity index (χ0) is 18.2. The average molecular weight is 347 g/mol. The molecule has 6 heteroatoms. The minimum Gasteiger partial charge on any atom is -0.489 e. The second kappa shape index (κ2) is 8.43. The fourth-order valence-corrected chi connectivity index (χ4v) is 2.26. The summed E-state index contributed by atoms with van der Waals surface area (Å²) in [5.41, 5.74) is 5.70. The van der Waals surface area contributed by atoms with Crippen LogP contribution in [0.5, 0.6) is 5.75 Å². The highest BCUT2D eigenvalue weighted by atomic mass is 16.6. The second-order valence-corrected chi connectivity index (χ2v) is 5.52. The Morgan fingerprint density at radius 2 is 1.77 bits per heavy atom. The monoisotopic (exact) mass is 347 g/mol. The van der Waals surface area contributed by atoms with Crippen molar-refractivity contribution in [2.24, 2.45) is 5.10 Å². The van der Waals surface area contributed by atoms with Crippen LogP contribution in [-0.4, -0.2) is 11.1 Å². The first-order valence-electron chi connectivity index (χ1n) is 8.01. The van der Waals surface area contributed by atoms with Gasteiger partial charge in [0, 0.05) is 12.1 Å². The Hall–Kier alpha value is -3.67. The maximum Gasteiger partial charge on any atom is 0.269 e. The van der Waals surface area contributed by atoms with E-state index in [1.807, 2.05) is 54.6 Å².